The largest absolute Gasteiger partial charge is 0.314 e. The van der Waals surface area contributed by atoms with Gasteiger partial charge in [0.1, 0.15) is 0 Å². The topological polar surface area (TPSA) is 12.0 Å². The van der Waals surface area contributed by atoms with E-state index in [9.17, 15) is 0 Å². The van der Waals surface area contributed by atoms with E-state index in [4.69, 9.17) is 0 Å². The van der Waals surface area contributed by atoms with Crippen LogP contribution < -0.4 is 5.32 Å². The first-order valence-corrected chi connectivity index (χ1v) is 6.13. The van der Waals surface area contributed by atoms with E-state index >= 15 is 0 Å². The lowest BCUT2D eigenvalue weighted by molar-refractivity contribution is 0.519. The van der Waals surface area contributed by atoms with Gasteiger partial charge < -0.3 is 5.32 Å². The molecule has 11 heavy (non-hydrogen) atoms. The summed E-state index contributed by atoms with van der Waals surface area (Å²) >= 11 is 2.43. The van der Waals surface area contributed by atoms with E-state index in [1.54, 1.807) is 0 Å². The lowest BCUT2D eigenvalue weighted by atomic mass is 10.2. The molecule has 0 saturated heterocycles. The average Bonchev–Trinajstić information content (AvgIpc) is 1.99. The zero-order valence-corrected chi connectivity index (χ0v) is 9.86. The van der Waals surface area contributed by atoms with Crippen molar-refractivity contribution in [3.8, 4) is 0 Å². The maximum Gasteiger partial charge on any atom is 0.00460 e. The first kappa shape index (κ1) is 11.7. The summed E-state index contributed by atoms with van der Waals surface area (Å²) in [6.45, 7) is 5.71. The Kier molecular flexibility index (Phi) is 9.33. The van der Waals surface area contributed by atoms with Crippen molar-refractivity contribution in [1.29, 1.82) is 0 Å². The summed E-state index contributed by atoms with van der Waals surface area (Å²) in [5.41, 5.74) is 0. The first-order valence-electron chi connectivity index (χ1n) is 4.60. The maximum absolute atomic E-state index is 3.51. The Bertz CT molecular complexity index is 76.0. The maximum atomic E-state index is 3.51. The van der Waals surface area contributed by atoms with Crippen molar-refractivity contribution in [2.75, 3.05) is 11.0 Å². The van der Waals surface area contributed by atoms with Crippen LogP contribution in [0, 0.1) is 0 Å². The lowest BCUT2D eigenvalue weighted by Gasteiger charge is -2.11. The van der Waals surface area contributed by atoms with Crippen LogP contribution in [-0.2, 0) is 0 Å². The van der Waals surface area contributed by atoms with Gasteiger partial charge in [0.25, 0.3) is 0 Å². The molecule has 0 radical (unpaired) electrons. The van der Waals surface area contributed by atoms with Crippen molar-refractivity contribution < 1.29 is 0 Å². The van der Waals surface area contributed by atoms with Crippen molar-refractivity contribution in [3.05, 3.63) is 0 Å². The van der Waals surface area contributed by atoms with Gasteiger partial charge >= 0.3 is 0 Å². The molecule has 1 unspecified atom stereocenters. The van der Waals surface area contributed by atoms with Crippen molar-refractivity contribution in [2.24, 2.45) is 0 Å². The van der Waals surface area contributed by atoms with Crippen LogP contribution in [0.4, 0.5) is 0 Å². The lowest BCUT2D eigenvalue weighted by Crippen LogP contribution is -2.27. The number of rotatable bonds is 7. The van der Waals surface area contributed by atoms with E-state index in [2.05, 4.69) is 41.8 Å². The number of alkyl halides is 1. The van der Waals surface area contributed by atoms with Gasteiger partial charge in [-0.15, -0.1) is 0 Å². The summed E-state index contributed by atoms with van der Waals surface area (Å²) in [7, 11) is 0. The van der Waals surface area contributed by atoms with Crippen molar-refractivity contribution in [1.82, 2.24) is 5.32 Å². The van der Waals surface area contributed by atoms with Crippen LogP contribution in [0.25, 0.3) is 0 Å². The Balaban J connectivity index is 2.97. The minimum absolute atomic E-state index is 0.712. The van der Waals surface area contributed by atoms with E-state index in [0.717, 1.165) is 0 Å². The summed E-state index contributed by atoms with van der Waals surface area (Å²) in [6, 6.07) is 0.712. The zero-order valence-electron chi connectivity index (χ0n) is 7.70. The van der Waals surface area contributed by atoms with Crippen molar-refractivity contribution in [3.63, 3.8) is 0 Å². The Labute approximate surface area is 84.5 Å². The number of hydrogen-bond acceptors (Lipinski definition) is 1. The molecule has 0 aromatic rings. The normalized spacial score (nSPS) is 13.4. The quantitative estimate of drug-likeness (QED) is 0.425. The molecule has 0 saturated carbocycles. The second-order valence-corrected chi connectivity index (χ2v) is 4.12. The molecule has 0 aromatic carbocycles. The van der Waals surface area contributed by atoms with Crippen molar-refractivity contribution >= 4 is 22.6 Å². The van der Waals surface area contributed by atoms with Crippen LogP contribution in [0.15, 0.2) is 0 Å². The fraction of sp³-hybridized carbons (Fsp3) is 1.00. The molecule has 1 N–H and O–H groups in total. The van der Waals surface area contributed by atoms with Gasteiger partial charge in [-0.05, 0) is 26.3 Å². The van der Waals surface area contributed by atoms with E-state index in [0.29, 0.717) is 6.04 Å². The molecule has 0 aliphatic carbocycles. The second kappa shape index (κ2) is 8.78. The Morgan fingerprint density at radius 1 is 1.36 bits per heavy atom. The first-order chi connectivity index (χ1) is 5.31. The number of hydrogen-bond donors (Lipinski definition) is 1. The SMILES string of the molecule is CCCCCNC(C)CCI. The highest BCUT2D eigenvalue weighted by Gasteiger charge is 1.97. The number of nitrogens with one attached hydrogen (secondary N) is 1. The zero-order chi connectivity index (χ0) is 8.53. The standard InChI is InChI=1S/C9H20IN/c1-3-4-5-8-11-9(2)6-7-10/h9,11H,3-8H2,1-2H3. The van der Waals surface area contributed by atoms with E-state index in [1.165, 1.54) is 36.7 Å². The Hall–Kier alpha value is 0.690. The van der Waals surface area contributed by atoms with Gasteiger partial charge in [0, 0.05) is 10.5 Å². The molecule has 2 heteroatoms. The van der Waals surface area contributed by atoms with E-state index < -0.39 is 0 Å². The third-order valence-electron chi connectivity index (χ3n) is 1.82. The molecule has 68 valence electrons. The van der Waals surface area contributed by atoms with Crippen LogP contribution in [0.2, 0.25) is 0 Å². The molecule has 0 aliphatic rings. The van der Waals surface area contributed by atoms with Crippen LogP contribution in [-0.4, -0.2) is 17.0 Å². The summed E-state index contributed by atoms with van der Waals surface area (Å²) in [5.74, 6) is 0. The molecule has 1 atom stereocenters. The highest BCUT2D eigenvalue weighted by molar-refractivity contribution is 14.1. The highest BCUT2D eigenvalue weighted by atomic mass is 127. The van der Waals surface area contributed by atoms with Gasteiger partial charge in [-0.2, -0.15) is 0 Å². The molecule has 0 amide bonds. The van der Waals surface area contributed by atoms with Gasteiger partial charge in [-0.3, -0.25) is 0 Å². The smallest absolute Gasteiger partial charge is 0.00460 e. The molecular weight excluding hydrogens is 249 g/mol. The van der Waals surface area contributed by atoms with Gasteiger partial charge in [0.05, 0.1) is 0 Å². The molecule has 0 fully saturated rings. The average molecular weight is 269 g/mol. The summed E-state index contributed by atoms with van der Waals surface area (Å²) in [6.07, 6.45) is 5.32. The fourth-order valence-corrected chi connectivity index (χ4v) is 1.92. The van der Waals surface area contributed by atoms with E-state index in [1.807, 2.05) is 0 Å². The van der Waals surface area contributed by atoms with Gasteiger partial charge in [-0.25, -0.2) is 0 Å². The van der Waals surface area contributed by atoms with E-state index in [-0.39, 0.29) is 0 Å². The minimum Gasteiger partial charge on any atom is -0.314 e. The third-order valence-corrected chi connectivity index (χ3v) is 2.44. The van der Waals surface area contributed by atoms with Crippen LogP contribution in [0.5, 0.6) is 0 Å². The fourth-order valence-electron chi connectivity index (χ4n) is 0.989. The Morgan fingerprint density at radius 2 is 2.09 bits per heavy atom. The highest BCUT2D eigenvalue weighted by Crippen LogP contribution is 1.97. The second-order valence-electron chi connectivity index (χ2n) is 3.04. The van der Waals surface area contributed by atoms with Gasteiger partial charge in [-0.1, -0.05) is 42.4 Å². The summed E-state index contributed by atoms with van der Waals surface area (Å²) in [4.78, 5) is 0. The molecule has 0 bridgehead atoms. The third kappa shape index (κ3) is 8.60. The molecule has 0 spiro atoms. The minimum atomic E-state index is 0.712. The molecule has 0 aliphatic heterocycles. The van der Waals surface area contributed by atoms with Gasteiger partial charge in [0.15, 0.2) is 0 Å². The monoisotopic (exact) mass is 269 g/mol. The van der Waals surface area contributed by atoms with Gasteiger partial charge in [0.2, 0.25) is 0 Å². The summed E-state index contributed by atoms with van der Waals surface area (Å²) in [5, 5.41) is 3.51. The predicted molar refractivity (Wildman–Crippen MR) is 60.5 cm³/mol. The number of halogens is 1. The summed E-state index contributed by atoms with van der Waals surface area (Å²) < 4.78 is 1.26. The molecule has 0 aromatic heterocycles. The number of unbranched alkanes of at least 4 members (excludes halogenated alkanes) is 2. The molecule has 1 nitrogen and oxygen atoms in total. The van der Waals surface area contributed by atoms with Crippen LogP contribution in [0.1, 0.15) is 39.5 Å². The molecule has 0 heterocycles. The Morgan fingerprint density at radius 3 is 2.64 bits per heavy atom. The van der Waals surface area contributed by atoms with Crippen molar-refractivity contribution in [2.45, 2.75) is 45.6 Å². The predicted octanol–water partition coefficient (Wildman–Crippen LogP) is 2.98. The van der Waals surface area contributed by atoms with Crippen LogP contribution >= 0.6 is 22.6 Å². The van der Waals surface area contributed by atoms with Crippen LogP contribution in [0.3, 0.4) is 0 Å². The molecular formula is C9H20IN. The molecule has 0 rings (SSSR count).